The number of allylic oxidation sites excluding steroid dienone is 8. The van der Waals surface area contributed by atoms with Gasteiger partial charge in [0.15, 0.2) is 0 Å². The van der Waals surface area contributed by atoms with Crippen molar-refractivity contribution >= 4 is 0 Å². The van der Waals surface area contributed by atoms with Crippen LogP contribution < -0.4 is 0 Å². The Balaban J connectivity index is 4.54. The molecule has 0 amide bonds. The molecule has 0 spiro atoms. The average Bonchev–Trinajstić information content (AvgIpc) is 2.53. The summed E-state index contributed by atoms with van der Waals surface area (Å²) in [4.78, 5) is 0. The fraction of sp³-hybridized carbons (Fsp3) is 0.692. The Morgan fingerprint density at radius 3 is 1.88 bits per heavy atom. The summed E-state index contributed by atoms with van der Waals surface area (Å²) < 4.78 is 0. The molecule has 0 aliphatic heterocycles. The molecule has 0 bridgehead atoms. The van der Waals surface area contributed by atoms with Gasteiger partial charge in [0.1, 0.15) is 0 Å². The van der Waals surface area contributed by atoms with E-state index < -0.39 is 0 Å². The fourth-order valence-corrected chi connectivity index (χ4v) is 2.83. The maximum Gasteiger partial charge on any atom is -0.0197 e. The van der Waals surface area contributed by atoms with E-state index in [4.69, 9.17) is 0 Å². The zero-order valence-electron chi connectivity index (χ0n) is 19.6. The van der Waals surface area contributed by atoms with Crippen LogP contribution in [0, 0.1) is 11.3 Å². The second-order valence-corrected chi connectivity index (χ2v) is 9.79. The Labute approximate surface area is 165 Å². The van der Waals surface area contributed by atoms with Gasteiger partial charge in [-0.1, -0.05) is 73.8 Å². The molecular weight excluding hydrogens is 312 g/mol. The molecule has 0 aliphatic carbocycles. The van der Waals surface area contributed by atoms with Crippen LogP contribution in [0.4, 0.5) is 0 Å². The van der Waals surface area contributed by atoms with Crippen molar-refractivity contribution < 1.29 is 0 Å². The molecular formula is C26H46. The minimum Gasteiger partial charge on any atom is -0.0856 e. The quantitative estimate of drug-likeness (QED) is 0.341. The largest absolute Gasteiger partial charge is 0.0856 e. The highest BCUT2D eigenvalue weighted by molar-refractivity contribution is 5.16. The molecule has 0 aromatic heterocycles. The lowest BCUT2D eigenvalue weighted by molar-refractivity contribution is 0.419. The number of hydrogen-bond donors (Lipinski definition) is 0. The van der Waals surface area contributed by atoms with Gasteiger partial charge in [0.05, 0.1) is 0 Å². The zero-order valence-corrected chi connectivity index (χ0v) is 19.6. The summed E-state index contributed by atoms with van der Waals surface area (Å²) in [5.74, 6) is 0.646. The van der Waals surface area contributed by atoms with Crippen LogP contribution in [-0.4, -0.2) is 0 Å². The summed E-state index contributed by atoms with van der Waals surface area (Å²) in [6.07, 6.45) is 14.3. The smallest absolute Gasteiger partial charge is 0.0197 e. The van der Waals surface area contributed by atoms with Crippen molar-refractivity contribution in [2.75, 3.05) is 0 Å². The van der Waals surface area contributed by atoms with E-state index in [1.165, 1.54) is 55.2 Å². The molecule has 0 aliphatic rings. The zero-order chi connectivity index (χ0) is 20.3. The molecule has 1 atom stereocenters. The summed E-state index contributed by atoms with van der Waals surface area (Å²) in [6.45, 7) is 22.9. The van der Waals surface area contributed by atoms with Gasteiger partial charge < -0.3 is 0 Å². The Morgan fingerprint density at radius 1 is 0.769 bits per heavy atom. The van der Waals surface area contributed by atoms with E-state index in [0.29, 0.717) is 11.3 Å². The lowest BCUT2D eigenvalue weighted by atomic mass is 9.89. The van der Waals surface area contributed by atoms with E-state index in [0.717, 1.165) is 0 Å². The highest BCUT2D eigenvalue weighted by atomic mass is 14.1. The van der Waals surface area contributed by atoms with Crippen molar-refractivity contribution in [2.24, 2.45) is 11.3 Å². The predicted molar refractivity (Wildman–Crippen MR) is 122 cm³/mol. The summed E-state index contributed by atoms with van der Waals surface area (Å²) in [5, 5.41) is 0. The predicted octanol–water partition coefficient (Wildman–Crippen LogP) is 9.20. The van der Waals surface area contributed by atoms with Crippen molar-refractivity contribution in [2.45, 2.75) is 108 Å². The van der Waals surface area contributed by atoms with E-state index in [2.05, 4.69) is 87.5 Å². The highest BCUT2D eigenvalue weighted by Gasteiger charge is 2.09. The van der Waals surface area contributed by atoms with Gasteiger partial charge in [-0.3, -0.25) is 0 Å². The Morgan fingerprint density at radius 2 is 1.35 bits per heavy atom. The first kappa shape index (κ1) is 25.0. The molecule has 0 aromatic rings. The molecule has 0 saturated heterocycles. The molecule has 0 N–H and O–H groups in total. The molecule has 150 valence electrons. The average molecular weight is 359 g/mol. The minimum absolute atomic E-state index is 0.395. The molecule has 0 aromatic carbocycles. The standard InChI is InChI=1S/C26H46/c1-20(2)12-11-13-21(3)14-16-23(5)25(7)24(6)17-15-22(4)18-19-26(8,9)10/h12,14,18,23H,11,13,15-17,19H2,1-10H3/b21-14+,22-18+,25-24+. The normalized spacial score (nSPS) is 15.6. The molecule has 0 saturated carbocycles. The highest BCUT2D eigenvalue weighted by Crippen LogP contribution is 2.25. The maximum atomic E-state index is 2.45. The second-order valence-electron chi connectivity index (χ2n) is 9.79. The van der Waals surface area contributed by atoms with Crippen LogP contribution in [0.5, 0.6) is 0 Å². The Hall–Kier alpha value is -1.04. The van der Waals surface area contributed by atoms with Gasteiger partial charge in [-0.25, -0.2) is 0 Å². The van der Waals surface area contributed by atoms with Crippen LogP contribution in [0.2, 0.25) is 0 Å². The Kier molecular flexibility index (Phi) is 11.9. The van der Waals surface area contributed by atoms with Gasteiger partial charge in [-0.2, -0.15) is 0 Å². The number of hydrogen-bond acceptors (Lipinski definition) is 0. The second kappa shape index (κ2) is 12.4. The fourth-order valence-electron chi connectivity index (χ4n) is 2.83. The van der Waals surface area contributed by atoms with E-state index in [-0.39, 0.29) is 0 Å². The van der Waals surface area contributed by atoms with E-state index in [9.17, 15) is 0 Å². The SMILES string of the molecule is CC(C)=CCC/C(C)=C/CC(C)/C(C)=C(\C)CC/C(C)=C/CC(C)(C)C. The Bertz CT molecular complexity index is 525. The number of rotatable bonds is 10. The van der Waals surface area contributed by atoms with E-state index in [1.54, 1.807) is 11.1 Å². The molecule has 0 fully saturated rings. The van der Waals surface area contributed by atoms with Crippen molar-refractivity contribution in [3.05, 3.63) is 46.1 Å². The van der Waals surface area contributed by atoms with Crippen molar-refractivity contribution in [1.29, 1.82) is 0 Å². The van der Waals surface area contributed by atoms with Gasteiger partial charge in [0.2, 0.25) is 0 Å². The van der Waals surface area contributed by atoms with Gasteiger partial charge in [-0.15, -0.1) is 0 Å². The molecule has 0 nitrogen and oxygen atoms in total. The van der Waals surface area contributed by atoms with Crippen molar-refractivity contribution in [3.8, 4) is 0 Å². The summed E-state index contributed by atoms with van der Waals surface area (Å²) in [7, 11) is 0. The maximum absolute atomic E-state index is 2.45. The van der Waals surface area contributed by atoms with E-state index in [1.807, 2.05) is 0 Å². The van der Waals surface area contributed by atoms with E-state index >= 15 is 0 Å². The summed E-state index contributed by atoms with van der Waals surface area (Å²) >= 11 is 0. The monoisotopic (exact) mass is 358 g/mol. The van der Waals surface area contributed by atoms with Crippen LogP contribution in [0.3, 0.4) is 0 Å². The molecule has 0 heteroatoms. The van der Waals surface area contributed by atoms with Crippen LogP contribution in [0.15, 0.2) is 46.1 Å². The molecule has 26 heavy (non-hydrogen) atoms. The third-order valence-corrected chi connectivity index (χ3v) is 5.28. The first-order valence-electron chi connectivity index (χ1n) is 10.5. The van der Waals surface area contributed by atoms with Gasteiger partial charge in [0.25, 0.3) is 0 Å². The van der Waals surface area contributed by atoms with Crippen molar-refractivity contribution in [3.63, 3.8) is 0 Å². The third-order valence-electron chi connectivity index (χ3n) is 5.28. The molecule has 0 heterocycles. The minimum atomic E-state index is 0.395. The lowest BCUT2D eigenvalue weighted by Gasteiger charge is -2.17. The summed E-state index contributed by atoms with van der Waals surface area (Å²) in [6, 6.07) is 0. The first-order chi connectivity index (χ1) is 11.9. The van der Waals surface area contributed by atoms with Gasteiger partial charge in [0, 0.05) is 0 Å². The van der Waals surface area contributed by atoms with Crippen LogP contribution in [0.25, 0.3) is 0 Å². The first-order valence-corrected chi connectivity index (χ1v) is 10.5. The third kappa shape index (κ3) is 13.2. The van der Waals surface area contributed by atoms with Crippen LogP contribution >= 0.6 is 0 Å². The van der Waals surface area contributed by atoms with Crippen molar-refractivity contribution in [1.82, 2.24) is 0 Å². The lowest BCUT2D eigenvalue weighted by Crippen LogP contribution is -2.02. The van der Waals surface area contributed by atoms with Crippen LogP contribution in [-0.2, 0) is 0 Å². The van der Waals surface area contributed by atoms with Gasteiger partial charge in [-0.05, 0) is 91.4 Å². The topological polar surface area (TPSA) is 0 Å². The van der Waals surface area contributed by atoms with Gasteiger partial charge >= 0.3 is 0 Å². The molecule has 0 rings (SSSR count). The molecule has 0 radical (unpaired) electrons. The summed E-state index contributed by atoms with van der Waals surface area (Å²) in [5.41, 5.74) is 8.05. The molecule has 1 unspecified atom stereocenters. The van der Waals surface area contributed by atoms with Crippen LogP contribution in [0.1, 0.15) is 108 Å².